The van der Waals surface area contributed by atoms with Crippen LogP contribution in [0.25, 0.3) is 10.6 Å². The van der Waals surface area contributed by atoms with E-state index in [9.17, 15) is 0 Å². The first-order valence-corrected chi connectivity index (χ1v) is 8.12. The lowest BCUT2D eigenvalue weighted by molar-refractivity contribution is 1.41. The van der Waals surface area contributed by atoms with E-state index in [0.717, 1.165) is 0 Å². The van der Waals surface area contributed by atoms with Crippen molar-refractivity contribution < 1.29 is 0 Å². The van der Waals surface area contributed by atoms with Gasteiger partial charge in [-0.1, -0.05) is 84.6 Å². The van der Waals surface area contributed by atoms with Gasteiger partial charge in [0.2, 0.25) is 0 Å². The maximum Gasteiger partial charge on any atom is 0.0606 e. The Morgan fingerprint density at radius 3 is 1.91 bits per heavy atom. The van der Waals surface area contributed by atoms with Gasteiger partial charge in [0.1, 0.15) is 0 Å². The zero-order valence-corrected chi connectivity index (χ0v) is 12.8. The van der Waals surface area contributed by atoms with Crippen molar-refractivity contribution in [2.45, 2.75) is 4.90 Å². The second kappa shape index (κ2) is 5.74. The summed E-state index contributed by atoms with van der Waals surface area (Å²) in [5.74, 6) is 0. The third-order valence-corrected chi connectivity index (χ3v) is 4.90. The number of fused-ring (bicyclic) bond motifs is 1. The minimum Gasteiger partial charge on any atom is -0.353 e. The van der Waals surface area contributed by atoms with Crippen molar-refractivity contribution in [3.63, 3.8) is 0 Å². The largest absolute Gasteiger partial charge is 0.353 e. The molecule has 0 saturated heterocycles. The molecule has 0 spiro atoms. The zero-order valence-electron chi connectivity index (χ0n) is 12.0. The summed E-state index contributed by atoms with van der Waals surface area (Å²) in [6, 6.07) is 29.5. The molecule has 0 fully saturated rings. The van der Waals surface area contributed by atoms with Gasteiger partial charge in [0.05, 0.1) is 11.4 Å². The molecule has 0 aromatic heterocycles. The van der Waals surface area contributed by atoms with Crippen LogP contribution < -0.4 is 5.32 Å². The molecule has 0 atom stereocenters. The van der Waals surface area contributed by atoms with Crippen molar-refractivity contribution >= 4 is 28.1 Å². The van der Waals surface area contributed by atoms with Gasteiger partial charge in [-0.25, -0.2) is 0 Å². The van der Waals surface area contributed by atoms with E-state index in [4.69, 9.17) is 0 Å². The fourth-order valence-corrected chi connectivity index (χ4v) is 3.73. The van der Waals surface area contributed by atoms with Gasteiger partial charge in [-0.15, -0.1) is 0 Å². The van der Waals surface area contributed by atoms with E-state index in [1.807, 2.05) is 11.8 Å². The van der Waals surface area contributed by atoms with Gasteiger partial charge < -0.3 is 5.32 Å². The van der Waals surface area contributed by atoms with Gasteiger partial charge >= 0.3 is 0 Å². The van der Waals surface area contributed by atoms with Gasteiger partial charge in [0, 0.05) is 9.80 Å². The molecule has 4 rings (SSSR count). The zero-order chi connectivity index (χ0) is 14.8. The average Bonchev–Trinajstić information content (AvgIpc) is 2.62. The van der Waals surface area contributed by atoms with Gasteiger partial charge in [-0.05, 0) is 23.3 Å². The summed E-state index contributed by atoms with van der Waals surface area (Å²) < 4.78 is 0. The van der Waals surface area contributed by atoms with Crippen molar-refractivity contribution in [3.05, 3.63) is 96.1 Å². The molecule has 1 nitrogen and oxygen atoms in total. The molecule has 1 aliphatic heterocycles. The Morgan fingerprint density at radius 2 is 1.18 bits per heavy atom. The molecule has 3 aromatic carbocycles. The lowest BCUT2D eigenvalue weighted by Gasteiger charge is -2.24. The molecule has 0 unspecified atom stereocenters. The molecule has 0 radical (unpaired) electrons. The van der Waals surface area contributed by atoms with E-state index in [2.05, 4.69) is 90.2 Å². The molecule has 1 heterocycles. The summed E-state index contributed by atoms with van der Waals surface area (Å²) >= 11 is 1.83. The Labute approximate surface area is 134 Å². The van der Waals surface area contributed by atoms with Crippen molar-refractivity contribution in [3.8, 4) is 0 Å². The molecular formula is C20H15NS. The number of para-hydroxylation sites is 1. The SMILES string of the molecule is c1ccc(C2=C(c3ccccc3)Sc3ccccc3N2)cc1. The van der Waals surface area contributed by atoms with Crippen molar-refractivity contribution in [1.29, 1.82) is 0 Å². The number of hydrogen-bond donors (Lipinski definition) is 1. The van der Waals surface area contributed by atoms with Crippen LogP contribution in [0.1, 0.15) is 11.1 Å². The topological polar surface area (TPSA) is 12.0 Å². The third kappa shape index (κ3) is 2.42. The molecule has 3 aromatic rings. The van der Waals surface area contributed by atoms with E-state index >= 15 is 0 Å². The van der Waals surface area contributed by atoms with Gasteiger partial charge in [-0.3, -0.25) is 0 Å². The van der Waals surface area contributed by atoms with Gasteiger partial charge in [-0.2, -0.15) is 0 Å². The Hall–Kier alpha value is -2.45. The van der Waals surface area contributed by atoms with Crippen molar-refractivity contribution in [1.82, 2.24) is 0 Å². The minimum atomic E-state index is 1.17. The maximum atomic E-state index is 3.62. The maximum absolute atomic E-state index is 3.62. The second-order valence-corrected chi connectivity index (χ2v) is 6.21. The smallest absolute Gasteiger partial charge is 0.0606 e. The van der Waals surface area contributed by atoms with E-state index < -0.39 is 0 Å². The van der Waals surface area contributed by atoms with Gasteiger partial charge in [0.15, 0.2) is 0 Å². The summed E-state index contributed by atoms with van der Waals surface area (Å²) in [5.41, 5.74) is 4.80. The summed E-state index contributed by atoms with van der Waals surface area (Å²) in [5, 5.41) is 3.62. The number of nitrogens with one attached hydrogen (secondary N) is 1. The lowest BCUT2D eigenvalue weighted by Crippen LogP contribution is -2.06. The highest BCUT2D eigenvalue weighted by Crippen LogP contribution is 2.47. The Morgan fingerprint density at radius 1 is 0.591 bits per heavy atom. The standard InChI is InChI=1S/C20H15NS/c1-3-9-15(10-4-1)19-20(16-11-5-2-6-12-16)22-18-14-8-7-13-17(18)21-19/h1-14,21H. The molecule has 1 N–H and O–H groups in total. The summed E-state index contributed by atoms with van der Waals surface area (Å²) in [6.07, 6.45) is 0. The van der Waals surface area contributed by atoms with Crippen LogP contribution in [0.2, 0.25) is 0 Å². The average molecular weight is 301 g/mol. The van der Waals surface area contributed by atoms with Crippen molar-refractivity contribution in [2.75, 3.05) is 5.32 Å². The molecule has 2 heteroatoms. The molecule has 106 valence electrons. The molecule has 0 aliphatic carbocycles. The molecule has 0 amide bonds. The number of rotatable bonds is 2. The first kappa shape index (κ1) is 13.2. The Bertz CT molecular complexity index is 752. The Kier molecular flexibility index (Phi) is 3.45. The van der Waals surface area contributed by atoms with Crippen LogP contribution in [0.3, 0.4) is 0 Å². The predicted molar refractivity (Wildman–Crippen MR) is 95.6 cm³/mol. The quantitative estimate of drug-likeness (QED) is 0.648. The van der Waals surface area contributed by atoms with E-state index in [1.165, 1.54) is 32.3 Å². The monoisotopic (exact) mass is 301 g/mol. The molecule has 1 aliphatic rings. The highest BCUT2D eigenvalue weighted by atomic mass is 32.2. The predicted octanol–water partition coefficient (Wildman–Crippen LogP) is 5.73. The number of hydrogen-bond acceptors (Lipinski definition) is 2. The van der Waals surface area contributed by atoms with Crippen LogP contribution in [-0.2, 0) is 0 Å². The highest BCUT2D eigenvalue weighted by Gasteiger charge is 2.20. The van der Waals surface area contributed by atoms with Gasteiger partial charge in [0.25, 0.3) is 0 Å². The van der Waals surface area contributed by atoms with Crippen LogP contribution in [0, 0.1) is 0 Å². The minimum absolute atomic E-state index is 1.17. The number of thioether (sulfide) groups is 1. The fourth-order valence-electron chi connectivity index (χ4n) is 2.61. The first-order chi connectivity index (χ1) is 10.9. The summed E-state index contributed by atoms with van der Waals surface area (Å²) in [6.45, 7) is 0. The van der Waals surface area contributed by atoms with E-state index in [1.54, 1.807) is 0 Å². The number of benzene rings is 3. The normalized spacial score (nSPS) is 13.5. The highest BCUT2D eigenvalue weighted by molar-refractivity contribution is 8.08. The third-order valence-electron chi connectivity index (χ3n) is 3.68. The van der Waals surface area contributed by atoms with Crippen molar-refractivity contribution in [2.24, 2.45) is 0 Å². The second-order valence-electron chi connectivity index (χ2n) is 5.16. The lowest BCUT2D eigenvalue weighted by atomic mass is 10.1. The fraction of sp³-hybridized carbons (Fsp3) is 0. The van der Waals surface area contributed by atoms with Crippen LogP contribution in [0.15, 0.2) is 89.8 Å². The molecule has 0 bridgehead atoms. The van der Waals surface area contributed by atoms with E-state index in [0.29, 0.717) is 0 Å². The summed E-state index contributed by atoms with van der Waals surface area (Å²) in [7, 11) is 0. The number of anilines is 1. The van der Waals surface area contributed by atoms with E-state index in [-0.39, 0.29) is 0 Å². The molecular weight excluding hydrogens is 286 g/mol. The van der Waals surface area contributed by atoms with Crippen LogP contribution in [-0.4, -0.2) is 0 Å². The molecule has 0 saturated carbocycles. The molecule has 22 heavy (non-hydrogen) atoms. The van der Waals surface area contributed by atoms with Crippen LogP contribution in [0.4, 0.5) is 5.69 Å². The Balaban J connectivity index is 1.89. The first-order valence-electron chi connectivity index (χ1n) is 7.31. The van der Waals surface area contributed by atoms with Crippen LogP contribution in [0.5, 0.6) is 0 Å². The van der Waals surface area contributed by atoms with Crippen LogP contribution >= 0.6 is 11.8 Å². The summed E-state index contributed by atoms with van der Waals surface area (Å²) in [4.78, 5) is 2.53.